The quantitative estimate of drug-likeness (QED) is 0.808. The van der Waals surface area contributed by atoms with Gasteiger partial charge >= 0.3 is 0 Å². The largest absolute Gasteiger partial charge is 0.308 e. The fourth-order valence-electron chi connectivity index (χ4n) is 4.96. The Balaban J connectivity index is 1.79. The van der Waals surface area contributed by atoms with E-state index in [0.717, 1.165) is 57.1 Å². The number of aryl methyl sites for hydroxylation is 2. The zero-order valence-electron chi connectivity index (χ0n) is 13.0. The number of fused-ring (bicyclic) bond motifs is 3. The molecule has 0 N–H and O–H groups in total. The Labute approximate surface area is 130 Å². The molecule has 1 aromatic carbocycles. The number of hydrogen-bond donors (Lipinski definition) is 0. The summed E-state index contributed by atoms with van der Waals surface area (Å²) >= 11 is 0. The van der Waals surface area contributed by atoms with Gasteiger partial charge in [0, 0.05) is 31.2 Å². The summed E-state index contributed by atoms with van der Waals surface area (Å²) in [5.41, 5.74) is 3.11. The maximum atomic E-state index is 13.2. The number of benzene rings is 1. The van der Waals surface area contributed by atoms with Gasteiger partial charge in [0.15, 0.2) is 0 Å². The highest BCUT2D eigenvalue weighted by molar-refractivity contribution is 5.88. The van der Waals surface area contributed by atoms with Crippen molar-refractivity contribution >= 4 is 10.8 Å². The van der Waals surface area contributed by atoms with E-state index in [1.165, 1.54) is 22.9 Å². The number of aromatic nitrogens is 1. The Hall–Kier alpha value is -1.61. The number of piperidine rings is 3. The molecule has 0 radical (unpaired) electrons. The standard InChI is InChI=1S/C19H22N2O/c22-18-16-6-2-4-14-3-1-5-15(17(14)16)13-21(18)19-7-10-20(11-8-19)12-9-19/h2,4,6,13H,1,3,5,7-12H2. The van der Waals surface area contributed by atoms with Crippen LogP contribution in [-0.2, 0) is 18.4 Å². The van der Waals surface area contributed by atoms with Crippen LogP contribution in [0, 0.1) is 0 Å². The Kier molecular flexibility index (Phi) is 2.61. The van der Waals surface area contributed by atoms with Crippen molar-refractivity contribution in [2.75, 3.05) is 19.6 Å². The first-order valence-electron chi connectivity index (χ1n) is 8.66. The van der Waals surface area contributed by atoms with Gasteiger partial charge in [-0.2, -0.15) is 0 Å². The first kappa shape index (κ1) is 12.9. The van der Waals surface area contributed by atoms with E-state index in [1.54, 1.807) is 0 Å². The first-order chi connectivity index (χ1) is 10.8. The molecule has 0 atom stereocenters. The fraction of sp³-hybridized carbons (Fsp3) is 0.526. The molecular formula is C19H22N2O. The Bertz CT molecular complexity index is 798. The van der Waals surface area contributed by atoms with Crippen molar-refractivity contribution in [1.29, 1.82) is 0 Å². The van der Waals surface area contributed by atoms with E-state index < -0.39 is 0 Å². The number of hydrogen-bond acceptors (Lipinski definition) is 2. The Morgan fingerprint density at radius 3 is 2.45 bits per heavy atom. The molecule has 1 aromatic heterocycles. The van der Waals surface area contributed by atoms with E-state index in [0.29, 0.717) is 0 Å². The molecule has 0 unspecified atom stereocenters. The molecule has 2 aromatic rings. The predicted octanol–water partition coefficient (Wildman–Crippen LogP) is 2.69. The number of rotatable bonds is 1. The van der Waals surface area contributed by atoms with Crippen LogP contribution in [0.4, 0.5) is 0 Å². The SMILES string of the molecule is O=c1c2cccc3c2c(cn1C12CCN(CC1)CC2)CCC3. The summed E-state index contributed by atoms with van der Waals surface area (Å²) < 4.78 is 2.15. The summed E-state index contributed by atoms with van der Waals surface area (Å²) in [7, 11) is 0. The van der Waals surface area contributed by atoms with E-state index in [1.807, 2.05) is 6.07 Å². The van der Waals surface area contributed by atoms with Gasteiger partial charge in [0.25, 0.3) is 5.56 Å². The second-order valence-corrected chi connectivity index (χ2v) is 7.34. The molecule has 114 valence electrons. The van der Waals surface area contributed by atoms with Crippen molar-refractivity contribution in [2.24, 2.45) is 0 Å². The van der Waals surface area contributed by atoms with Crippen molar-refractivity contribution in [3.8, 4) is 0 Å². The fourth-order valence-corrected chi connectivity index (χ4v) is 4.96. The third kappa shape index (κ3) is 1.63. The topological polar surface area (TPSA) is 25.2 Å². The van der Waals surface area contributed by atoms with Gasteiger partial charge in [-0.1, -0.05) is 12.1 Å². The normalized spacial score (nSPS) is 29.9. The molecule has 3 saturated heterocycles. The molecule has 22 heavy (non-hydrogen) atoms. The summed E-state index contributed by atoms with van der Waals surface area (Å²) in [6.45, 7) is 3.46. The average Bonchev–Trinajstić information content (AvgIpc) is 2.59. The molecule has 3 aliphatic heterocycles. The van der Waals surface area contributed by atoms with Crippen LogP contribution in [0.5, 0.6) is 0 Å². The van der Waals surface area contributed by atoms with Gasteiger partial charge in [0.05, 0.1) is 5.54 Å². The van der Waals surface area contributed by atoms with Gasteiger partial charge in [0.1, 0.15) is 0 Å². The van der Waals surface area contributed by atoms with Gasteiger partial charge < -0.3 is 9.47 Å². The molecule has 3 nitrogen and oxygen atoms in total. The van der Waals surface area contributed by atoms with E-state index in [4.69, 9.17) is 0 Å². The molecule has 0 saturated carbocycles. The molecule has 4 heterocycles. The highest BCUT2D eigenvalue weighted by Gasteiger charge is 2.41. The summed E-state index contributed by atoms with van der Waals surface area (Å²) in [6, 6.07) is 6.31. The van der Waals surface area contributed by atoms with Crippen LogP contribution in [0.25, 0.3) is 10.8 Å². The summed E-state index contributed by atoms with van der Waals surface area (Å²) in [5, 5.41) is 2.22. The van der Waals surface area contributed by atoms with Gasteiger partial charge in [-0.05, 0) is 61.1 Å². The summed E-state index contributed by atoms with van der Waals surface area (Å²) in [6.07, 6.45) is 9.09. The van der Waals surface area contributed by atoms with Crippen molar-refractivity contribution in [1.82, 2.24) is 9.47 Å². The average molecular weight is 294 g/mol. The maximum Gasteiger partial charge on any atom is 0.258 e. The van der Waals surface area contributed by atoms with Gasteiger partial charge in [-0.3, -0.25) is 4.79 Å². The lowest BCUT2D eigenvalue weighted by Crippen LogP contribution is -2.56. The third-order valence-electron chi connectivity index (χ3n) is 6.29. The minimum Gasteiger partial charge on any atom is -0.308 e. The van der Waals surface area contributed by atoms with Crippen molar-refractivity contribution < 1.29 is 0 Å². The molecule has 6 rings (SSSR count). The third-order valence-corrected chi connectivity index (χ3v) is 6.29. The second-order valence-electron chi connectivity index (χ2n) is 7.34. The summed E-state index contributed by atoms with van der Waals surface area (Å²) in [5.74, 6) is 0. The van der Waals surface area contributed by atoms with E-state index in [9.17, 15) is 4.79 Å². The second kappa shape index (κ2) is 4.45. The number of nitrogens with zero attached hydrogens (tertiary/aromatic N) is 2. The van der Waals surface area contributed by atoms with Crippen LogP contribution in [0.2, 0.25) is 0 Å². The van der Waals surface area contributed by atoms with E-state index in [-0.39, 0.29) is 11.1 Å². The molecular weight excluding hydrogens is 272 g/mol. The monoisotopic (exact) mass is 294 g/mol. The van der Waals surface area contributed by atoms with Gasteiger partial charge in [-0.15, -0.1) is 0 Å². The van der Waals surface area contributed by atoms with Crippen LogP contribution >= 0.6 is 0 Å². The molecule has 3 heteroatoms. The number of pyridine rings is 1. The first-order valence-corrected chi connectivity index (χ1v) is 8.66. The molecule has 0 spiro atoms. The van der Waals surface area contributed by atoms with Crippen LogP contribution in [0.3, 0.4) is 0 Å². The van der Waals surface area contributed by atoms with Crippen molar-refractivity contribution in [3.05, 3.63) is 45.9 Å². The highest BCUT2D eigenvalue weighted by atomic mass is 16.1. The lowest BCUT2D eigenvalue weighted by molar-refractivity contribution is 0.0328. The molecule has 1 aliphatic carbocycles. The smallest absolute Gasteiger partial charge is 0.258 e. The molecule has 2 bridgehead atoms. The van der Waals surface area contributed by atoms with E-state index in [2.05, 4.69) is 27.8 Å². The predicted molar refractivity (Wildman–Crippen MR) is 88.5 cm³/mol. The van der Waals surface area contributed by atoms with Crippen LogP contribution in [0.1, 0.15) is 36.8 Å². The maximum absolute atomic E-state index is 13.2. The minimum atomic E-state index is 0.0873. The minimum absolute atomic E-state index is 0.0873. The lowest BCUT2D eigenvalue weighted by atomic mass is 9.79. The molecule has 4 aliphatic rings. The zero-order chi connectivity index (χ0) is 14.7. The lowest BCUT2D eigenvalue weighted by Gasteiger charge is -2.49. The summed E-state index contributed by atoms with van der Waals surface area (Å²) in [4.78, 5) is 15.7. The van der Waals surface area contributed by atoms with Crippen molar-refractivity contribution in [2.45, 2.75) is 44.1 Å². The van der Waals surface area contributed by atoms with Crippen LogP contribution in [0.15, 0.2) is 29.2 Å². The highest BCUT2D eigenvalue weighted by Crippen LogP contribution is 2.39. The Morgan fingerprint density at radius 2 is 1.68 bits per heavy atom. The molecule has 3 fully saturated rings. The van der Waals surface area contributed by atoms with E-state index >= 15 is 0 Å². The van der Waals surface area contributed by atoms with Gasteiger partial charge in [0.2, 0.25) is 0 Å². The van der Waals surface area contributed by atoms with Gasteiger partial charge in [-0.25, -0.2) is 0 Å². The van der Waals surface area contributed by atoms with Crippen LogP contribution in [-0.4, -0.2) is 29.1 Å². The van der Waals surface area contributed by atoms with Crippen molar-refractivity contribution in [3.63, 3.8) is 0 Å². The zero-order valence-corrected chi connectivity index (χ0v) is 13.0. The molecule has 0 amide bonds. The van der Waals surface area contributed by atoms with Crippen LogP contribution < -0.4 is 5.56 Å². The Morgan fingerprint density at radius 1 is 0.955 bits per heavy atom.